The summed E-state index contributed by atoms with van der Waals surface area (Å²) in [6.07, 6.45) is 0.437. The number of amides is 3. The number of hydrogen-bond donors (Lipinski definition) is 2. The minimum Gasteiger partial charge on any atom is -0.351 e. The molecule has 3 amide bonds. The minimum atomic E-state index is -0.609. The zero-order chi connectivity index (χ0) is 19.1. The van der Waals surface area contributed by atoms with E-state index in [1.165, 1.54) is 10.4 Å². The molecule has 3 N–H and O–H groups in total. The van der Waals surface area contributed by atoms with Crippen molar-refractivity contribution in [1.29, 1.82) is 0 Å². The Labute approximate surface area is 157 Å². The lowest BCUT2D eigenvalue weighted by atomic mass is 10.1. The Morgan fingerprint density at radius 3 is 2.67 bits per heavy atom. The maximum absolute atomic E-state index is 12.7. The van der Waals surface area contributed by atoms with Gasteiger partial charge in [0.2, 0.25) is 5.91 Å². The van der Waals surface area contributed by atoms with Gasteiger partial charge in [0.05, 0.1) is 0 Å². The number of rotatable bonds is 3. The van der Waals surface area contributed by atoms with Crippen molar-refractivity contribution in [2.24, 2.45) is 5.73 Å². The summed E-state index contributed by atoms with van der Waals surface area (Å²) in [5.74, 6) is -0.244. The molecule has 3 aromatic rings. The van der Waals surface area contributed by atoms with Crippen LogP contribution in [0.3, 0.4) is 0 Å². The molecule has 1 aliphatic heterocycles. The summed E-state index contributed by atoms with van der Waals surface area (Å²) in [6, 6.07) is 12.9. The molecule has 1 aromatic heterocycles. The molecule has 4 rings (SSSR count). The number of benzene rings is 2. The van der Waals surface area contributed by atoms with Gasteiger partial charge in [0, 0.05) is 40.6 Å². The Bertz CT molecular complexity index is 1080. The number of aromatic nitrogens is 1. The predicted molar refractivity (Wildman–Crippen MR) is 108 cm³/mol. The summed E-state index contributed by atoms with van der Waals surface area (Å²) < 4.78 is 2.26. The first-order valence-corrected chi connectivity index (χ1v) is 9.04. The van der Waals surface area contributed by atoms with E-state index in [0.717, 1.165) is 28.4 Å². The maximum atomic E-state index is 12.7. The Kier molecular flexibility index (Phi) is 4.11. The van der Waals surface area contributed by atoms with E-state index in [1.54, 1.807) is 0 Å². The minimum absolute atomic E-state index is 0.244. The highest BCUT2D eigenvalue weighted by atomic mass is 16.2. The van der Waals surface area contributed by atoms with E-state index in [4.69, 9.17) is 5.73 Å². The van der Waals surface area contributed by atoms with Crippen LogP contribution in [0, 0.1) is 0 Å². The van der Waals surface area contributed by atoms with Gasteiger partial charge >= 0.3 is 6.03 Å². The topological polar surface area (TPSA) is 80.4 Å². The molecule has 1 saturated heterocycles. The van der Waals surface area contributed by atoms with Gasteiger partial charge in [-0.05, 0) is 37.6 Å². The monoisotopic (exact) mass is 362 g/mol. The molecule has 2 heterocycles. The molecule has 6 nitrogen and oxygen atoms in total. The van der Waals surface area contributed by atoms with Gasteiger partial charge in [-0.3, -0.25) is 4.79 Å². The van der Waals surface area contributed by atoms with Crippen LogP contribution in [0.2, 0.25) is 0 Å². The number of nitrogens with one attached hydrogen (secondary N) is 1. The average molecular weight is 362 g/mol. The highest BCUT2D eigenvalue weighted by Crippen LogP contribution is 2.31. The first kappa shape index (κ1) is 17.1. The number of anilines is 1. The number of hydrogen-bond acceptors (Lipinski definition) is 2. The third-order valence-electron chi connectivity index (χ3n) is 5.19. The lowest BCUT2D eigenvalue weighted by molar-refractivity contribution is -0.119. The second-order valence-electron chi connectivity index (χ2n) is 6.92. The molecule has 0 aliphatic carbocycles. The number of para-hydroxylation sites is 1. The van der Waals surface area contributed by atoms with Gasteiger partial charge in [-0.15, -0.1) is 0 Å². The molecule has 6 heteroatoms. The van der Waals surface area contributed by atoms with Gasteiger partial charge in [-0.25, -0.2) is 4.79 Å². The Morgan fingerprint density at radius 1 is 1.19 bits per heavy atom. The van der Waals surface area contributed by atoms with E-state index in [9.17, 15) is 9.59 Å². The Hall–Kier alpha value is -3.28. The number of nitrogens with two attached hydrogens (primary N) is 1. The van der Waals surface area contributed by atoms with Gasteiger partial charge in [0.15, 0.2) is 0 Å². The molecule has 1 unspecified atom stereocenters. The quantitative estimate of drug-likeness (QED) is 0.700. The lowest BCUT2D eigenvalue weighted by Gasteiger charge is -2.21. The average Bonchev–Trinajstić information content (AvgIpc) is 3.20. The highest BCUT2D eigenvalue weighted by Gasteiger charge is 2.35. The number of carbonyl (C=O) groups excluding carboxylic acids is 2. The first-order chi connectivity index (χ1) is 13.0. The molecule has 138 valence electrons. The van der Waals surface area contributed by atoms with Crippen LogP contribution in [0.5, 0.6) is 0 Å². The van der Waals surface area contributed by atoms with E-state index < -0.39 is 12.1 Å². The second kappa shape index (κ2) is 6.46. The van der Waals surface area contributed by atoms with Crippen molar-refractivity contribution in [3.8, 4) is 0 Å². The molecular formula is C21H22N4O2. The zero-order valence-corrected chi connectivity index (χ0v) is 15.2. The van der Waals surface area contributed by atoms with Crippen LogP contribution in [-0.2, 0) is 11.3 Å². The summed E-state index contributed by atoms with van der Waals surface area (Å²) >= 11 is 0. The van der Waals surface area contributed by atoms with E-state index in [-0.39, 0.29) is 5.91 Å². The summed E-state index contributed by atoms with van der Waals surface area (Å²) in [4.78, 5) is 25.7. The van der Waals surface area contributed by atoms with Crippen molar-refractivity contribution < 1.29 is 9.59 Å². The molecule has 2 aromatic carbocycles. The van der Waals surface area contributed by atoms with Gasteiger partial charge in [-0.1, -0.05) is 30.4 Å². The van der Waals surface area contributed by atoms with Gasteiger partial charge < -0.3 is 20.5 Å². The molecule has 0 radical (unpaired) electrons. The van der Waals surface area contributed by atoms with E-state index in [0.29, 0.717) is 18.7 Å². The Balaban J connectivity index is 1.69. The van der Waals surface area contributed by atoms with E-state index >= 15 is 0 Å². The van der Waals surface area contributed by atoms with Crippen LogP contribution in [-0.4, -0.2) is 34.0 Å². The van der Waals surface area contributed by atoms with Crippen LogP contribution in [0.25, 0.3) is 21.8 Å². The number of likely N-dealkylation sites (tertiary alicyclic amines) is 1. The van der Waals surface area contributed by atoms with Crippen LogP contribution >= 0.6 is 0 Å². The SMILES string of the molecule is C=C1CC(C(=O)Nc2ccc3c(c2)c2ccccc2n3CC)N(C(N)=O)C1. The van der Waals surface area contributed by atoms with Crippen LogP contribution in [0.15, 0.2) is 54.6 Å². The fraction of sp³-hybridized carbons (Fsp3) is 0.238. The van der Waals surface area contributed by atoms with Crippen molar-refractivity contribution in [2.75, 3.05) is 11.9 Å². The van der Waals surface area contributed by atoms with Gasteiger partial charge in [0.25, 0.3) is 0 Å². The summed E-state index contributed by atoms with van der Waals surface area (Å²) in [7, 11) is 0. The van der Waals surface area contributed by atoms with Crippen molar-refractivity contribution in [2.45, 2.75) is 25.9 Å². The number of fused-ring (bicyclic) bond motifs is 3. The third-order valence-corrected chi connectivity index (χ3v) is 5.19. The van der Waals surface area contributed by atoms with Crippen molar-refractivity contribution in [1.82, 2.24) is 9.47 Å². The molecule has 0 bridgehead atoms. The molecule has 1 aliphatic rings. The Morgan fingerprint density at radius 2 is 1.93 bits per heavy atom. The highest BCUT2D eigenvalue weighted by molar-refractivity contribution is 6.10. The summed E-state index contributed by atoms with van der Waals surface area (Å²) in [6.45, 7) is 7.20. The summed E-state index contributed by atoms with van der Waals surface area (Å²) in [5.41, 5.74) is 9.23. The normalized spacial score (nSPS) is 17.0. The molecule has 1 fully saturated rings. The van der Waals surface area contributed by atoms with Crippen LogP contribution < -0.4 is 11.1 Å². The molecule has 1 atom stereocenters. The van der Waals surface area contributed by atoms with Gasteiger partial charge in [-0.2, -0.15) is 0 Å². The number of aryl methyl sites for hydroxylation is 1. The first-order valence-electron chi connectivity index (χ1n) is 9.04. The largest absolute Gasteiger partial charge is 0.351 e. The standard InChI is InChI=1S/C21H22N4O2/c1-3-24-17-7-5-4-6-15(17)16-11-14(8-9-18(16)24)23-20(26)19-10-13(2)12-25(19)21(22)27/h4-9,11,19H,2-3,10,12H2,1H3,(H2,22,27)(H,23,26). The van der Waals surface area contributed by atoms with E-state index in [1.807, 2.05) is 30.3 Å². The predicted octanol–water partition coefficient (Wildman–Crippen LogP) is 3.46. The maximum Gasteiger partial charge on any atom is 0.315 e. The molecule has 0 spiro atoms. The molecule has 27 heavy (non-hydrogen) atoms. The van der Waals surface area contributed by atoms with Crippen LogP contribution in [0.4, 0.5) is 10.5 Å². The smallest absolute Gasteiger partial charge is 0.315 e. The zero-order valence-electron chi connectivity index (χ0n) is 15.2. The van der Waals surface area contributed by atoms with Crippen molar-refractivity contribution >= 4 is 39.4 Å². The van der Waals surface area contributed by atoms with Gasteiger partial charge in [0.1, 0.15) is 6.04 Å². The van der Waals surface area contributed by atoms with Crippen molar-refractivity contribution in [3.05, 3.63) is 54.6 Å². The fourth-order valence-electron chi connectivity index (χ4n) is 3.96. The van der Waals surface area contributed by atoms with Crippen molar-refractivity contribution in [3.63, 3.8) is 0 Å². The van der Waals surface area contributed by atoms with Crippen LogP contribution in [0.1, 0.15) is 13.3 Å². The fourth-order valence-corrected chi connectivity index (χ4v) is 3.96. The third kappa shape index (κ3) is 2.83. The molecular weight excluding hydrogens is 340 g/mol. The second-order valence-corrected chi connectivity index (χ2v) is 6.92. The summed E-state index contributed by atoms with van der Waals surface area (Å²) in [5, 5.41) is 5.18. The number of carbonyl (C=O) groups is 2. The lowest BCUT2D eigenvalue weighted by Crippen LogP contribution is -2.45. The number of urea groups is 1. The molecule has 0 saturated carbocycles. The van der Waals surface area contributed by atoms with E-state index in [2.05, 4.69) is 35.5 Å². The number of nitrogens with zero attached hydrogens (tertiary/aromatic N) is 2. The number of primary amides is 1.